The van der Waals surface area contributed by atoms with Crippen LogP contribution in [-0.4, -0.2) is 34.4 Å². The Hall–Kier alpha value is -1.13. The predicted molar refractivity (Wildman–Crippen MR) is 66.9 cm³/mol. The molecular formula is C13H20N2O2. The molecule has 0 bridgehead atoms. The summed E-state index contributed by atoms with van der Waals surface area (Å²) in [7, 11) is 0. The van der Waals surface area contributed by atoms with Crippen LogP contribution in [0, 0.1) is 0 Å². The smallest absolute Gasteiger partial charge is 0.129 e. The molecule has 4 nitrogen and oxygen atoms in total. The number of aliphatic hydroxyl groups excluding tert-OH is 2. The van der Waals surface area contributed by atoms with Gasteiger partial charge in [0.1, 0.15) is 5.82 Å². The third kappa shape index (κ3) is 2.76. The lowest BCUT2D eigenvalue weighted by atomic mass is 10.0. The van der Waals surface area contributed by atoms with Crippen molar-refractivity contribution in [3.05, 3.63) is 23.9 Å². The van der Waals surface area contributed by atoms with Crippen molar-refractivity contribution in [3.8, 4) is 0 Å². The van der Waals surface area contributed by atoms with Gasteiger partial charge in [-0.1, -0.05) is 0 Å². The molecule has 1 aromatic heterocycles. The van der Waals surface area contributed by atoms with E-state index >= 15 is 0 Å². The highest BCUT2D eigenvalue weighted by Crippen LogP contribution is 2.24. The summed E-state index contributed by atoms with van der Waals surface area (Å²) in [5.74, 6) is 0.863. The second-order valence-electron chi connectivity index (χ2n) is 4.65. The van der Waals surface area contributed by atoms with Crippen molar-refractivity contribution in [1.82, 2.24) is 4.98 Å². The van der Waals surface area contributed by atoms with E-state index in [4.69, 9.17) is 0 Å². The second kappa shape index (κ2) is 5.47. The van der Waals surface area contributed by atoms with Crippen molar-refractivity contribution in [2.75, 3.05) is 18.1 Å². The van der Waals surface area contributed by atoms with Crippen molar-refractivity contribution in [2.45, 2.75) is 38.3 Å². The first-order chi connectivity index (χ1) is 8.22. The molecule has 17 heavy (non-hydrogen) atoms. The topological polar surface area (TPSA) is 56.6 Å². The summed E-state index contributed by atoms with van der Waals surface area (Å²) in [5, 5.41) is 19.0. The van der Waals surface area contributed by atoms with E-state index in [1.165, 1.54) is 0 Å². The fraction of sp³-hybridized carbons (Fsp3) is 0.615. The van der Waals surface area contributed by atoms with E-state index in [9.17, 15) is 10.2 Å². The molecule has 0 spiro atoms. The zero-order valence-electron chi connectivity index (χ0n) is 10.2. The number of nitrogens with zero attached hydrogens (tertiary/aromatic N) is 2. The summed E-state index contributed by atoms with van der Waals surface area (Å²) < 4.78 is 0. The molecule has 0 aliphatic carbocycles. The summed E-state index contributed by atoms with van der Waals surface area (Å²) in [5.41, 5.74) is 0.872. The molecule has 2 atom stereocenters. The van der Waals surface area contributed by atoms with Gasteiger partial charge in [-0.3, -0.25) is 0 Å². The average molecular weight is 236 g/mol. The van der Waals surface area contributed by atoms with Gasteiger partial charge in [-0.15, -0.1) is 0 Å². The molecule has 2 N–H and O–H groups in total. The van der Waals surface area contributed by atoms with Crippen LogP contribution in [0.25, 0.3) is 0 Å². The highest BCUT2D eigenvalue weighted by atomic mass is 16.3. The highest BCUT2D eigenvalue weighted by molar-refractivity contribution is 5.43. The number of rotatable bonds is 3. The zero-order chi connectivity index (χ0) is 12.3. The van der Waals surface area contributed by atoms with Crippen molar-refractivity contribution in [3.63, 3.8) is 0 Å². The van der Waals surface area contributed by atoms with Gasteiger partial charge in [0.05, 0.1) is 18.8 Å². The van der Waals surface area contributed by atoms with Gasteiger partial charge in [-0.05, 0) is 43.9 Å². The first kappa shape index (κ1) is 12.3. The SMILES string of the molecule is CC(O)c1ccnc(N2CCCCC2CO)c1. The number of piperidine rings is 1. The number of aromatic nitrogens is 1. The van der Waals surface area contributed by atoms with Crippen molar-refractivity contribution >= 4 is 5.82 Å². The molecule has 1 aromatic rings. The molecular weight excluding hydrogens is 216 g/mol. The van der Waals surface area contributed by atoms with E-state index < -0.39 is 6.10 Å². The van der Waals surface area contributed by atoms with Crippen LogP contribution in [0.1, 0.15) is 37.9 Å². The monoisotopic (exact) mass is 236 g/mol. The Morgan fingerprint density at radius 1 is 1.53 bits per heavy atom. The van der Waals surface area contributed by atoms with Crippen LogP contribution in [-0.2, 0) is 0 Å². The molecule has 1 aliphatic heterocycles. The van der Waals surface area contributed by atoms with E-state index in [2.05, 4.69) is 9.88 Å². The first-order valence-electron chi connectivity index (χ1n) is 6.24. The van der Waals surface area contributed by atoms with Gasteiger partial charge in [-0.2, -0.15) is 0 Å². The van der Waals surface area contributed by atoms with E-state index in [0.29, 0.717) is 0 Å². The van der Waals surface area contributed by atoms with Crippen LogP contribution in [0.3, 0.4) is 0 Å². The minimum absolute atomic E-state index is 0.167. The van der Waals surface area contributed by atoms with Gasteiger partial charge < -0.3 is 15.1 Å². The number of pyridine rings is 1. The molecule has 2 heterocycles. The standard InChI is InChI=1S/C13H20N2O2/c1-10(17)11-5-6-14-13(8-11)15-7-3-2-4-12(15)9-16/h5-6,8,10,12,16-17H,2-4,7,9H2,1H3. The van der Waals surface area contributed by atoms with Gasteiger partial charge in [0.15, 0.2) is 0 Å². The fourth-order valence-corrected chi connectivity index (χ4v) is 2.34. The fourth-order valence-electron chi connectivity index (χ4n) is 2.34. The van der Waals surface area contributed by atoms with E-state index in [0.717, 1.165) is 37.2 Å². The first-order valence-corrected chi connectivity index (χ1v) is 6.24. The highest BCUT2D eigenvalue weighted by Gasteiger charge is 2.23. The van der Waals surface area contributed by atoms with E-state index in [1.54, 1.807) is 13.1 Å². The third-order valence-corrected chi connectivity index (χ3v) is 3.38. The lowest BCUT2D eigenvalue weighted by molar-refractivity contribution is 0.199. The van der Waals surface area contributed by atoms with Crippen molar-refractivity contribution in [2.24, 2.45) is 0 Å². The number of hydrogen-bond acceptors (Lipinski definition) is 4. The van der Waals surface area contributed by atoms with Crippen LogP contribution >= 0.6 is 0 Å². The molecule has 2 unspecified atom stereocenters. The number of aliphatic hydroxyl groups is 2. The molecule has 4 heteroatoms. The van der Waals surface area contributed by atoms with Gasteiger partial charge >= 0.3 is 0 Å². The van der Waals surface area contributed by atoms with Gasteiger partial charge in [0, 0.05) is 12.7 Å². The maximum atomic E-state index is 9.57. The van der Waals surface area contributed by atoms with Crippen LogP contribution in [0.4, 0.5) is 5.82 Å². The zero-order valence-corrected chi connectivity index (χ0v) is 10.2. The molecule has 0 radical (unpaired) electrons. The van der Waals surface area contributed by atoms with Gasteiger partial charge in [0.2, 0.25) is 0 Å². The normalized spacial score (nSPS) is 22.5. The van der Waals surface area contributed by atoms with Gasteiger partial charge in [0.25, 0.3) is 0 Å². The Morgan fingerprint density at radius 2 is 2.35 bits per heavy atom. The Bertz CT molecular complexity index is 368. The largest absolute Gasteiger partial charge is 0.394 e. The average Bonchev–Trinajstić information content (AvgIpc) is 2.39. The lowest BCUT2D eigenvalue weighted by Gasteiger charge is -2.35. The quantitative estimate of drug-likeness (QED) is 0.834. The second-order valence-corrected chi connectivity index (χ2v) is 4.65. The minimum Gasteiger partial charge on any atom is -0.394 e. The molecule has 1 fully saturated rings. The Balaban J connectivity index is 2.22. The Kier molecular flexibility index (Phi) is 3.97. The van der Waals surface area contributed by atoms with E-state index in [-0.39, 0.29) is 12.6 Å². The molecule has 1 aliphatic rings. The summed E-state index contributed by atoms with van der Waals surface area (Å²) in [4.78, 5) is 6.50. The summed E-state index contributed by atoms with van der Waals surface area (Å²) in [6.07, 6.45) is 4.56. The van der Waals surface area contributed by atoms with Crippen LogP contribution in [0.5, 0.6) is 0 Å². The number of hydrogen-bond donors (Lipinski definition) is 2. The molecule has 2 rings (SSSR count). The maximum Gasteiger partial charge on any atom is 0.129 e. The summed E-state index contributed by atoms with van der Waals surface area (Å²) >= 11 is 0. The Morgan fingerprint density at radius 3 is 3.06 bits per heavy atom. The van der Waals surface area contributed by atoms with Crippen molar-refractivity contribution in [1.29, 1.82) is 0 Å². The molecule has 1 saturated heterocycles. The molecule has 0 saturated carbocycles. The lowest BCUT2D eigenvalue weighted by Crippen LogP contribution is -2.42. The molecule has 94 valence electrons. The van der Waals surface area contributed by atoms with Crippen LogP contribution in [0.15, 0.2) is 18.3 Å². The maximum absolute atomic E-state index is 9.57. The van der Waals surface area contributed by atoms with Crippen LogP contribution < -0.4 is 4.90 Å². The molecule has 0 aromatic carbocycles. The molecule has 0 amide bonds. The summed E-state index contributed by atoms with van der Waals surface area (Å²) in [6.45, 7) is 2.85. The van der Waals surface area contributed by atoms with Crippen LogP contribution in [0.2, 0.25) is 0 Å². The van der Waals surface area contributed by atoms with Gasteiger partial charge in [-0.25, -0.2) is 4.98 Å². The number of anilines is 1. The minimum atomic E-state index is -0.478. The Labute approximate surface area is 102 Å². The summed E-state index contributed by atoms with van der Waals surface area (Å²) in [6, 6.07) is 3.91. The van der Waals surface area contributed by atoms with Crippen molar-refractivity contribution < 1.29 is 10.2 Å². The predicted octanol–water partition coefficient (Wildman–Crippen LogP) is 1.49. The third-order valence-electron chi connectivity index (χ3n) is 3.38. The van der Waals surface area contributed by atoms with E-state index in [1.807, 2.05) is 12.1 Å².